The van der Waals surface area contributed by atoms with Crippen LogP contribution in [0.5, 0.6) is 0 Å². The lowest BCUT2D eigenvalue weighted by atomic mass is 9.82. The standard InChI is InChI=1S/C63H43N3/c1-7-21-44(22-8-1)45-37-39-46(40-38-45)56-43-57(65-63(64-56)51-31-17-6-18-32-51)54-35-19-33-52(41-54)53-34-20-36-55(42-53)58-59(47-23-9-2-10-24-47)61(49-27-13-4-14-28-49)66-62(50-29-15-5-16-30-50)60(58)48-25-11-3-12-26-48/h1-43H. The molecule has 0 bridgehead atoms. The summed E-state index contributed by atoms with van der Waals surface area (Å²) in [7, 11) is 0. The fourth-order valence-corrected chi connectivity index (χ4v) is 8.89. The molecule has 66 heavy (non-hydrogen) atoms. The summed E-state index contributed by atoms with van der Waals surface area (Å²) in [5.41, 5.74) is 19.9. The quantitative estimate of drug-likeness (QED) is 0.138. The molecule has 0 aliphatic rings. The molecule has 0 amide bonds. The largest absolute Gasteiger partial charge is 0.246 e. The molecule has 2 heterocycles. The molecule has 0 atom stereocenters. The van der Waals surface area contributed by atoms with E-state index in [1.165, 1.54) is 5.56 Å². The lowest BCUT2D eigenvalue weighted by molar-refractivity contribution is 1.18. The molecule has 0 radical (unpaired) electrons. The van der Waals surface area contributed by atoms with E-state index in [-0.39, 0.29) is 0 Å². The van der Waals surface area contributed by atoms with Crippen LogP contribution in [0.3, 0.4) is 0 Å². The Morgan fingerprint density at radius 1 is 0.182 bits per heavy atom. The average molecular weight is 842 g/mol. The van der Waals surface area contributed by atoms with Gasteiger partial charge in [-0.2, -0.15) is 0 Å². The molecule has 0 aliphatic carbocycles. The van der Waals surface area contributed by atoms with Gasteiger partial charge in [-0.25, -0.2) is 15.0 Å². The lowest BCUT2D eigenvalue weighted by Gasteiger charge is -2.23. The highest BCUT2D eigenvalue weighted by atomic mass is 14.9. The van der Waals surface area contributed by atoms with Crippen LogP contribution in [0, 0.1) is 0 Å². The molecule has 0 N–H and O–H groups in total. The maximum atomic E-state index is 5.64. The van der Waals surface area contributed by atoms with Crippen LogP contribution in [0.2, 0.25) is 0 Å². The maximum absolute atomic E-state index is 5.64. The number of benzene rings is 9. The van der Waals surface area contributed by atoms with Gasteiger partial charge in [-0.1, -0.05) is 243 Å². The monoisotopic (exact) mass is 841 g/mol. The van der Waals surface area contributed by atoms with Gasteiger partial charge in [-0.3, -0.25) is 0 Å². The number of hydrogen-bond acceptors (Lipinski definition) is 3. The summed E-state index contributed by atoms with van der Waals surface area (Å²) in [5, 5.41) is 0. The van der Waals surface area contributed by atoms with Crippen LogP contribution in [0.4, 0.5) is 0 Å². The van der Waals surface area contributed by atoms with E-state index in [9.17, 15) is 0 Å². The zero-order chi connectivity index (χ0) is 44.1. The molecule has 3 nitrogen and oxygen atoms in total. The highest BCUT2D eigenvalue weighted by Gasteiger charge is 2.25. The van der Waals surface area contributed by atoms with Crippen molar-refractivity contribution in [1.29, 1.82) is 0 Å². The van der Waals surface area contributed by atoms with E-state index in [1.54, 1.807) is 0 Å². The third kappa shape index (κ3) is 8.14. The van der Waals surface area contributed by atoms with E-state index in [1.807, 2.05) is 24.3 Å². The first-order valence-electron chi connectivity index (χ1n) is 22.3. The number of aromatic nitrogens is 3. The molecule has 0 unspecified atom stereocenters. The zero-order valence-electron chi connectivity index (χ0n) is 36.2. The molecule has 0 fully saturated rings. The minimum atomic E-state index is 0.686. The molecular formula is C63H43N3. The van der Waals surface area contributed by atoms with Gasteiger partial charge in [-0.15, -0.1) is 0 Å². The van der Waals surface area contributed by atoms with Crippen molar-refractivity contribution in [1.82, 2.24) is 15.0 Å². The molecule has 9 aromatic carbocycles. The van der Waals surface area contributed by atoms with Gasteiger partial charge in [0.2, 0.25) is 0 Å². The first-order chi connectivity index (χ1) is 32.7. The van der Waals surface area contributed by atoms with Gasteiger partial charge in [0.1, 0.15) is 0 Å². The van der Waals surface area contributed by atoms with Crippen molar-refractivity contribution in [3.8, 4) is 112 Å². The van der Waals surface area contributed by atoms with Gasteiger partial charge in [0.15, 0.2) is 5.82 Å². The van der Waals surface area contributed by atoms with Gasteiger partial charge < -0.3 is 0 Å². The summed E-state index contributed by atoms with van der Waals surface area (Å²) >= 11 is 0. The predicted molar refractivity (Wildman–Crippen MR) is 274 cm³/mol. The minimum Gasteiger partial charge on any atom is -0.246 e. The van der Waals surface area contributed by atoms with Crippen LogP contribution >= 0.6 is 0 Å². The molecule has 11 rings (SSSR count). The Morgan fingerprint density at radius 2 is 0.515 bits per heavy atom. The predicted octanol–water partition coefficient (Wildman–Crippen LogP) is 16.5. The van der Waals surface area contributed by atoms with Crippen LogP contribution < -0.4 is 0 Å². The Bertz CT molecular complexity index is 3310. The molecule has 0 aliphatic heterocycles. The van der Waals surface area contributed by atoms with Crippen molar-refractivity contribution in [2.24, 2.45) is 0 Å². The second-order valence-corrected chi connectivity index (χ2v) is 16.3. The van der Waals surface area contributed by atoms with E-state index in [2.05, 4.69) is 237 Å². The van der Waals surface area contributed by atoms with Crippen molar-refractivity contribution < 1.29 is 0 Å². The van der Waals surface area contributed by atoms with E-state index in [4.69, 9.17) is 15.0 Å². The van der Waals surface area contributed by atoms with Crippen molar-refractivity contribution in [3.05, 3.63) is 261 Å². The van der Waals surface area contributed by atoms with Crippen molar-refractivity contribution in [3.63, 3.8) is 0 Å². The molecule has 2 aromatic heterocycles. The SMILES string of the molecule is c1ccc(-c2ccc(-c3cc(-c4cccc(-c5cccc(-c6c(-c7ccccc7)c(-c7ccccc7)nc(-c7ccccc7)c6-c6ccccc6)c5)c4)nc(-c4ccccc4)n3)cc2)cc1. The van der Waals surface area contributed by atoms with E-state index in [0.29, 0.717) is 5.82 Å². The fraction of sp³-hybridized carbons (Fsp3) is 0. The molecule has 0 saturated heterocycles. The normalized spacial score (nSPS) is 11.0. The third-order valence-electron chi connectivity index (χ3n) is 12.1. The molecule has 310 valence electrons. The Kier molecular flexibility index (Phi) is 11.0. The van der Waals surface area contributed by atoms with Gasteiger partial charge in [0, 0.05) is 44.5 Å². The smallest absolute Gasteiger partial charge is 0.160 e. The number of nitrogens with zero attached hydrogens (tertiary/aromatic N) is 3. The van der Waals surface area contributed by atoms with Crippen molar-refractivity contribution >= 4 is 0 Å². The van der Waals surface area contributed by atoms with Crippen LogP contribution in [0.15, 0.2) is 261 Å². The third-order valence-corrected chi connectivity index (χ3v) is 12.1. The number of hydrogen-bond donors (Lipinski definition) is 0. The first-order valence-corrected chi connectivity index (χ1v) is 22.3. The van der Waals surface area contributed by atoms with Crippen LogP contribution in [-0.2, 0) is 0 Å². The molecule has 0 saturated carbocycles. The first kappa shape index (κ1) is 40.0. The minimum absolute atomic E-state index is 0.686. The van der Waals surface area contributed by atoms with Crippen LogP contribution in [-0.4, -0.2) is 15.0 Å². The Labute approximate surface area is 386 Å². The topological polar surface area (TPSA) is 38.7 Å². The lowest BCUT2D eigenvalue weighted by Crippen LogP contribution is -2.01. The second-order valence-electron chi connectivity index (χ2n) is 16.3. The molecule has 11 aromatic rings. The van der Waals surface area contributed by atoms with Gasteiger partial charge in [-0.05, 0) is 57.1 Å². The summed E-state index contributed by atoms with van der Waals surface area (Å²) in [6.07, 6.45) is 0. The Morgan fingerprint density at radius 3 is 1.00 bits per heavy atom. The van der Waals surface area contributed by atoms with E-state index >= 15 is 0 Å². The molecular weight excluding hydrogens is 799 g/mol. The zero-order valence-corrected chi connectivity index (χ0v) is 36.2. The van der Waals surface area contributed by atoms with E-state index in [0.717, 1.165) is 101 Å². The average Bonchev–Trinajstić information content (AvgIpc) is 3.41. The van der Waals surface area contributed by atoms with Crippen molar-refractivity contribution in [2.75, 3.05) is 0 Å². The van der Waals surface area contributed by atoms with Gasteiger partial charge in [0.05, 0.1) is 22.8 Å². The van der Waals surface area contributed by atoms with Crippen LogP contribution in [0.25, 0.3) is 112 Å². The summed E-state index contributed by atoms with van der Waals surface area (Å²) in [5.74, 6) is 0.686. The highest BCUT2D eigenvalue weighted by Crippen LogP contribution is 2.49. The number of pyridine rings is 1. The highest BCUT2D eigenvalue weighted by molar-refractivity contribution is 6.05. The van der Waals surface area contributed by atoms with Gasteiger partial charge >= 0.3 is 0 Å². The summed E-state index contributed by atoms with van der Waals surface area (Å²) in [6.45, 7) is 0. The Hall–Kier alpha value is -8.79. The second kappa shape index (κ2) is 18.1. The van der Waals surface area contributed by atoms with Gasteiger partial charge in [0.25, 0.3) is 0 Å². The maximum Gasteiger partial charge on any atom is 0.160 e. The van der Waals surface area contributed by atoms with E-state index < -0.39 is 0 Å². The van der Waals surface area contributed by atoms with Crippen molar-refractivity contribution in [2.45, 2.75) is 0 Å². The summed E-state index contributed by atoms with van der Waals surface area (Å²) in [4.78, 5) is 16.0. The van der Waals surface area contributed by atoms with Crippen LogP contribution in [0.1, 0.15) is 0 Å². The Balaban J connectivity index is 1.09. The summed E-state index contributed by atoms with van der Waals surface area (Å²) in [6, 6.07) is 91.8. The number of rotatable bonds is 10. The fourth-order valence-electron chi connectivity index (χ4n) is 8.89. The summed E-state index contributed by atoms with van der Waals surface area (Å²) < 4.78 is 0. The molecule has 0 spiro atoms. The molecule has 3 heteroatoms.